The molecule has 3 aromatic rings. The van der Waals surface area contributed by atoms with Crippen LogP contribution in [0.25, 0.3) is 5.69 Å². The number of rotatable bonds is 1. The summed E-state index contributed by atoms with van der Waals surface area (Å²) in [6.45, 7) is 4.15. The number of benzene rings is 1. The molecule has 2 bridgehead atoms. The Morgan fingerprint density at radius 1 is 1.29 bits per heavy atom. The van der Waals surface area contributed by atoms with Crippen LogP contribution in [-0.4, -0.2) is 27.0 Å². The van der Waals surface area contributed by atoms with Crippen molar-refractivity contribution >= 4 is 11.5 Å². The highest BCUT2D eigenvalue weighted by Crippen LogP contribution is 2.32. The van der Waals surface area contributed by atoms with Crippen LogP contribution in [0.3, 0.4) is 0 Å². The van der Waals surface area contributed by atoms with Crippen molar-refractivity contribution in [1.82, 2.24) is 14.8 Å². The monoisotopic (exact) mass is 424 g/mol. The molecule has 4 N–H and O–H groups in total. The number of pyridine rings is 1. The van der Waals surface area contributed by atoms with Crippen molar-refractivity contribution in [3.8, 4) is 11.4 Å². The molecule has 1 unspecified atom stereocenters. The van der Waals surface area contributed by atoms with E-state index >= 15 is 0 Å². The molecule has 160 valence electrons. The number of halogens is 2. The average molecular weight is 424 g/mol. The number of allylic oxidation sites excluding steroid dienone is 1. The number of hydrogen-bond donors (Lipinski definition) is 2. The summed E-state index contributed by atoms with van der Waals surface area (Å²) in [6.07, 6.45) is 2.64. The average Bonchev–Trinajstić information content (AvgIpc) is 3.11. The first-order chi connectivity index (χ1) is 14.9. The van der Waals surface area contributed by atoms with E-state index in [1.807, 2.05) is 6.92 Å². The van der Waals surface area contributed by atoms with Crippen LogP contribution in [0.15, 0.2) is 53.3 Å². The van der Waals surface area contributed by atoms with Crippen LogP contribution >= 0.6 is 0 Å². The van der Waals surface area contributed by atoms with Gasteiger partial charge in [0.15, 0.2) is 11.6 Å². The minimum atomic E-state index is -0.662. The molecular formula is C22H22F2N6O. The van der Waals surface area contributed by atoms with Gasteiger partial charge < -0.3 is 16.2 Å². The molecule has 0 saturated carbocycles. The summed E-state index contributed by atoms with van der Waals surface area (Å²) in [5.74, 6) is -0.598. The van der Waals surface area contributed by atoms with Gasteiger partial charge in [-0.15, -0.1) is 5.10 Å². The van der Waals surface area contributed by atoms with Crippen LogP contribution < -0.4 is 16.2 Å². The molecule has 9 heteroatoms. The minimum absolute atomic E-state index is 0.186. The molecule has 1 aromatic carbocycles. The van der Waals surface area contributed by atoms with Crippen molar-refractivity contribution in [2.75, 3.05) is 12.3 Å². The number of fused-ring (bicyclic) bond motifs is 5. The number of aliphatic imine (C=N–C) groups is 1. The van der Waals surface area contributed by atoms with Gasteiger partial charge in [-0.25, -0.2) is 14.1 Å². The number of nitrogens with zero attached hydrogens (tertiary/aromatic N) is 4. The van der Waals surface area contributed by atoms with E-state index in [4.69, 9.17) is 16.2 Å². The van der Waals surface area contributed by atoms with E-state index in [1.54, 1.807) is 19.2 Å². The molecule has 0 spiro atoms. The predicted molar refractivity (Wildman–Crippen MR) is 114 cm³/mol. The first kappa shape index (κ1) is 20.5. The van der Waals surface area contributed by atoms with Crippen LogP contribution in [0.4, 0.5) is 14.6 Å². The first-order valence-corrected chi connectivity index (χ1v) is 9.83. The van der Waals surface area contributed by atoms with Crippen molar-refractivity contribution in [3.05, 3.63) is 76.9 Å². The molecule has 1 aliphatic rings. The van der Waals surface area contributed by atoms with Gasteiger partial charge in [-0.1, -0.05) is 0 Å². The highest BCUT2D eigenvalue weighted by molar-refractivity contribution is 6.13. The molecule has 1 aliphatic heterocycles. The second-order valence-electron chi connectivity index (χ2n) is 7.13. The molecule has 0 aliphatic carbocycles. The third kappa shape index (κ3) is 3.86. The summed E-state index contributed by atoms with van der Waals surface area (Å²) in [7, 11) is 0. The Balaban J connectivity index is 2.00. The molecule has 0 radical (unpaired) electrons. The topological polar surface area (TPSA) is 104 Å². The van der Waals surface area contributed by atoms with Crippen molar-refractivity contribution in [1.29, 1.82) is 0 Å². The SMILES string of the molecule is CCN=C1C(=CN)Cc2cc(F)nn2-c2ccc(F)cc2C(C)Oc2cc1cnc2N. The van der Waals surface area contributed by atoms with E-state index in [1.165, 1.54) is 35.1 Å². The highest BCUT2D eigenvalue weighted by atomic mass is 19.1. The maximum Gasteiger partial charge on any atom is 0.233 e. The van der Waals surface area contributed by atoms with Gasteiger partial charge in [0, 0.05) is 36.4 Å². The minimum Gasteiger partial charge on any atom is -0.482 e. The molecule has 31 heavy (non-hydrogen) atoms. The molecule has 3 heterocycles. The van der Waals surface area contributed by atoms with E-state index in [9.17, 15) is 8.78 Å². The number of hydrogen-bond acceptors (Lipinski definition) is 6. The van der Waals surface area contributed by atoms with Crippen molar-refractivity contribution in [2.45, 2.75) is 26.4 Å². The van der Waals surface area contributed by atoms with Gasteiger partial charge in [-0.2, -0.15) is 4.39 Å². The second kappa shape index (κ2) is 8.17. The fourth-order valence-electron chi connectivity index (χ4n) is 3.65. The lowest BCUT2D eigenvalue weighted by atomic mass is 9.99. The zero-order chi connectivity index (χ0) is 22.1. The van der Waals surface area contributed by atoms with Crippen molar-refractivity contribution in [2.24, 2.45) is 10.7 Å². The fraction of sp³-hybridized carbons (Fsp3) is 0.227. The maximum absolute atomic E-state index is 14.3. The van der Waals surface area contributed by atoms with Gasteiger partial charge >= 0.3 is 0 Å². The lowest BCUT2D eigenvalue weighted by Crippen LogP contribution is -2.17. The molecule has 4 rings (SSSR count). The Kier molecular flexibility index (Phi) is 5.41. The van der Waals surface area contributed by atoms with Gasteiger partial charge in [0.25, 0.3) is 0 Å². The Morgan fingerprint density at radius 3 is 2.84 bits per heavy atom. The first-order valence-electron chi connectivity index (χ1n) is 9.83. The Bertz CT molecular complexity index is 1200. The molecule has 0 fully saturated rings. The lowest BCUT2D eigenvalue weighted by molar-refractivity contribution is 0.226. The zero-order valence-electron chi connectivity index (χ0n) is 17.1. The second-order valence-corrected chi connectivity index (χ2v) is 7.13. The van der Waals surface area contributed by atoms with Crippen LogP contribution in [0.1, 0.15) is 36.8 Å². The van der Waals surface area contributed by atoms with Crippen molar-refractivity contribution < 1.29 is 13.5 Å². The summed E-state index contributed by atoms with van der Waals surface area (Å²) >= 11 is 0. The summed E-state index contributed by atoms with van der Waals surface area (Å²) in [6, 6.07) is 7.23. The smallest absolute Gasteiger partial charge is 0.233 e. The van der Waals surface area contributed by atoms with Gasteiger partial charge in [-0.3, -0.25) is 4.99 Å². The van der Waals surface area contributed by atoms with E-state index in [0.29, 0.717) is 46.1 Å². The lowest BCUT2D eigenvalue weighted by Gasteiger charge is -2.22. The third-order valence-corrected chi connectivity index (χ3v) is 5.06. The maximum atomic E-state index is 14.3. The van der Waals surface area contributed by atoms with E-state index < -0.39 is 17.9 Å². The van der Waals surface area contributed by atoms with Gasteiger partial charge in [-0.05, 0) is 49.9 Å². The van der Waals surface area contributed by atoms with Gasteiger partial charge in [0.1, 0.15) is 11.9 Å². The zero-order valence-corrected chi connectivity index (χ0v) is 17.1. The van der Waals surface area contributed by atoms with Crippen LogP contribution in [0.5, 0.6) is 5.75 Å². The van der Waals surface area contributed by atoms with Crippen LogP contribution in [0.2, 0.25) is 0 Å². The van der Waals surface area contributed by atoms with E-state index in [-0.39, 0.29) is 12.2 Å². The Labute approximate surface area is 178 Å². The third-order valence-electron chi connectivity index (χ3n) is 5.06. The molecule has 1 atom stereocenters. The predicted octanol–water partition coefficient (Wildman–Crippen LogP) is 3.48. The molecule has 2 aromatic heterocycles. The van der Waals surface area contributed by atoms with Crippen molar-refractivity contribution in [3.63, 3.8) is 0 Å². The highest BCUT2D eigenvalue weighted by Gasteiger charge is 2.23. The summed E-state index contributed by atoms with van der Waals surface area (Å²) in [4.78, 5) is 8.82. The summed E-state index contributed by atoms with van der Waals surface area (Å²) in [5.41, 5.74) is 15.4. The largest absolute Gasteiger partial charge is 0.482 e. The quantitative estimate of drug-likeness (QED) is 0.622. The molecule has 0 amide bonds. The molecule has 7 nitrogen and oxygen atoms in total. The summed E-state index contributed by atoms with van der Waals surface area (Å²) < 4.78 is 35.9. The normalized spacial score (nSPS) is 18.6. The number of nitrogens with two attached hydrogens (primary N) is 2. The summed E-state index contributed by atoms with van der Waals surface area (Å²) in [5, 5.41) is 4.00. The van der Waals surface area contributed by atoms with E-state index in [2.05, 4.69) is 15.1 Å². The van der Waals surface area contributed by atoms with Gasteiger partial charge in [0.05, 0.1) is 17.1 Å². The number of aromatic nitrogens is 3. The number of ether oxygens (including phenoxy) is 1. The Morgan fingerprint density at radius 2 is 2.10 bits per heavy atom. The standard InChI is InChI=1S/C22H22F2N6O/c1-3-27-21-13(10-25)6-16-9-20(24)29-30(16)18-5-4-15(23)8-17(18)12(2)31-19-7-14(21)11-28-22(19)26/h4-5,7-12H,3,6,25H2,1-2H3,(H2,26,28). The van der Waals surface area contributed by atoms with E-state index in [0.717, 1.165) is 0 Å². The Hall–Kier alpha value is -3.75. The molecule has 0 saturated heterocycles. The number of anilines is 1. The number of nitrogen functional groups attached to an aromatic ring is 1. The van der Waals surface area contributed by atoms with Crippen LogP contribution in [-0.2, 0) is 6.42 Å². The molecular weight excluding hydrogens is 402 g/mol. The van der Waals surface area contributed by atoms with Gasteiger partial charge in [0.2, 0.25) is 5.95 Å². The fourth-order valence-corrected chi connectivity index (χ4v) is 3.65. The van der Waals surface area contributed by atoms with Crippen LogP contribution in [0, 0.1) is 11.8 Å².